The molecular formula is C20H21NO3S. The predicted molar refractivity (Wildman–Crippen MR) is 102 cm³/mol. The van der Waals surface area contributed by atoms with Gasteiger partial charge in [0.25, 0.3) is 0 Å². The van der Waals surface area contributed by atoms with Gasteiger partial charge in [0.2, 0.25) is 0 Å². The molecule has 4 nitrogen and oxygen atoms in total. The fraction of sp³-hybridized carbons (Fsp3) is 0.350. The fourth-order valence-electron chi connectivity index (χ4n) is 3.81. The Balaban J connectivity index is 2.04. The van der Waals surface area contributed by atoms with Gasteiger partial charge in [-0.05, 0) is 43.4 Å². The number of hydrogen-bond donors (Lipinski definition) is 0. The van der Waals surface area contributed by atoms with Gasteiger partial charge in [-0.15, -0.1) is 11.8 Å². The minimum absolute atomic E-state index is 0.296. The van der Waals surface area contributed by atoms with Crippen molar-refractivity contribution in [2.75, 3.05) is 26.6 Å². The number of carbonyl (C=O) groups is 1. The van der Waals surface area contributed by atoms with E-state index in [1.54, 1.807) is 11.8 Å². The van der Waals surface area contributed by atoms with Crippen molar-refractivity contribution in [1.82, 2.24) is 4.57 Å². The zero-order valence-corrected chi connectivity index (χ0v) is 15.3. The van der Waals surface area contributed by atoms with E-state index in [0.29, 0.717) is 11.6 Å². The van der Waals surface area contributed by atoms with Crippen LogP contribution in [0.25, 0.3) is 21.8 Å². The molecule has 4 rings (SSSR count). The van der Waals surface area contributed by atoms with Crippen molar-refractivity contribution in [3.05, 3.63) is 42.0 Å². The first-order valence-electron chi connectivity index (χ1n) is 8.51. The molecule has 1 aliphatic rings. The molecule has 2 heterocycles. The molecule has 0 aliphatic carbocycles. The Morgan fingerprint density at radius 1 is 1.20 bits per heavy atom. The number of aromatic nitrogens is 1. The standard InChI is InChI=1S/C20H21NO3S/c1-23-20(22)13-6-7-15-17(12-13)21(14-8-10-24-11-9-14)16-4-3-5-18(25-2)19(15)16/h3-7,12,14H,8-11H2,1-2H3. The van der Waals surface area contributed by atoms with Gasteiger partial charge in [0.05, 0.1) is 23.7 Å². The van der Waals surface area contributed by atoms with Crippen LogP contribution in [0, 0.1) is 0 Å². The van der Waals surface area contributed by atoms with E-state index in [4.69, 9.17) is 9.47 Å². The summed E-state index contributed by atoms with van der Waals surface area (Å²) in [6.45, 7) is 1.56. The van der Waals surface area contributed by atoms with Gasteiger partial charge < -0.3 is 14.0 Å². The smallest absolute Gasteiger partial charge is 0.337 e. The van der Waals surface area contributed by atoms with Crippen molar-refractivity contribution >= 4 is 39.5 Å². The molecule has 5 heteroatoms. The summed E-state index contributed by atoms with van der Waals surface area (Å²) in [5.41, 5.74) is 2.93. The number of benzene rings is 2. The third-order valence-electron chi connectivity index (χ3n) is 4.99. The SMILES string of the molecule is COC(=O)c1ccc2c3c(SC)cccc3n(C3CCOCC3)c2c1. The molecule has 3 aromatic rings. The monoisotopic (exact) mass is 355 g/mol. The Labute approximate surface area is 151 Å². The first-order chi connectivity index (χ1) is 12.2. The second kappa shape index (κ2) is 6.73. The second-order valence-corrected chi connectivity index (χ2v) is 7.14. The van der Waals surface area contributed by atoms with Gasteiger partial charge in [-0.3, -0.25) is 0 Å². The summed E-state index contributed by atoms with van der Waals surface area (Å²) in [7, 11) is 1.42. The summed E-state index contributed by atoms with van der Waals surface area (Å²) >= 11 is 1.76. The van der Waals surface area contributed by atoms with E-state index in [0.717, 1.165) is 31.6 Å². The number of thioether (sulfide) groups is 1. The Hall–Kier alpha value is -1.98. The molecule has 2 aromatic carbocycles. The van der Waals surface area contributed by atoms with Crippen molar-refractivity contribution in [2.45, 2.75) is 23.8 Å². The van der Waals surface area contributed by atoms with Crippen molar-refractivity contribution in [3.63, 3.8) is 0 Å². The molecule has 0 bridgehead atoms. The molecule has 0 spiro atoms. The quantitative estimate of drug-likeness (QED) is 0.506. The first kappa shape index (κ1) is 16.5. The zero-order valence-electron chi connectivity index (χ0n) is 14.5. The molecule has 0 radical (unpaired) electrons. The highest BCUT2D eigenvalue weighted by molar-refractivity contribution is 7.98. The zero-order chi connectivity index (χ0) is 17.4. The van der Waals surface area contributed by atoms with Crippen LogP contribution in [0.2, 0.25) is 0 Å². The van der Waals surface area contributed by atoms with Crippen LogP contribution in [-0.2, 0) is 9.47 Å². The van der Waals surface area contributed by atoms with Crippen LogP contribution in [0.3, 0.4) is 0 Å². The van der Waals surface area contributed by atoms with E-state index in [-0.39, 0.29) is 5.97 Å². The fourth-order valence-corrected chi connectivity index (χ4v) is 4.45. The molecular weight excluding hydrogens is 334 g/mol. The molecule has 130 valence electrons. The van der Waals surface area contributed by atoms with Gasteiger partial charge in [0, 0.05) is 34.9 Å². The maximum absolute atomic E-state index is 12.0. The molecule has 1 fully saturated rings. The van der Waals surface area contributed by atoms with Gasteiger partial charge in [0.1, 0.15) is 0 Å². The Morgan fingerprint density at radius 3 is 2.72 bits per heavy atom. The normalized spacial score (nSPS) is 15.8. The van der Waals surface area contributed by atoms with Gasteiger partial charge in [-0.2, -0.15) is 0 Å². The highest BCUT2D eigenvalue weighted by atomic mass is 32.2. The summed E-state index contributed by atoms with van der Waals surface area (Å²) in [4.78, 5) is 13.3. The average Bonchev–Trinajstić information content (AvgIpc) is 3.01. The summed E-state index contributed by atoms with van der Waals surface area (Å²) in [6.07, 6.45) is 4.09. The van der Waals surface area contributed by atoms with Gasteiger partial charge >= 0.3 is 5.97 Å². The van der Waals surface area contributed by atoms with Gasteiger partial charge in [-0.1, -0.05) is 12.1 Å². The first-order valence-corrected chi connectivity index (χ1v) is 9.73. The molecule has 1 aliphatic heterocycles. The topological polar surface area (TPSA) is 40.5 Å². The van der Waals surface area contributed by atoms with Crippen molar-refractivity contribution in [1.29, 1.82) is 0 Å². The lowest BCUT2D eigenvalue weighted by molar-refractivity contribution is 0.0600. The lowest BCUT2D eigenvalue weighted by atomic mass is 10.1. The largest absolute Gasteiger partial charge is 0.465 e. The number of ether oxygens (including phenoxy) is 2. The predicted octanol–water partition coefficient (Wildman–Crippen LogP) is 4.65. The summed E-state index contributed by atoms with van der Waals surface area (Å²) in [6, 6.07) is 12.7. The Bertz CT molecular complexity index is 941. The van der Waals surface area contributed by atoms with E-state index >= 15 is 0 Å². The van der Waals surface area contributed by atoms with Crippen LogP contribution in [0.1, 0.15) is 29.2 Å². The lowest BCUT2D eigenvalue weighted by Crippen LogP contribution is -2.19. The number of nitrogens with zero attached hydrogens (tertiary/aromatic N) is 1. The Morgan fingerprint density at radius 2 is 2.00 bits per heavy atom. The van der Waals surface area contributed by atoms with Crippen LogP contribution in [0.15, 0.2) is 41.3 Å². The highest BCUT2D eigenvalue weighted by Crippen LogP contribution is 2.39. The summed E-state index contributed by atoms with van der Waals surface area (Å²) in [5, 5.41) is 2.46. The van der Waals surface area contributed by atoms with E-state index in [2.05, 4.69) is 35.1 Å². The lowest BCUT2D eigenvalue weighted by Gasteiger charge is -2.25. The van der Waals surface area contributed by atoms with Crippen LogP contribution in [0.5, 0.6) is 0 Å². The van der Waals surface area contributed by atoms with E-state index in [1.165, 1.54) is 28.3 Å². The Kier molecular flexibility index (Phi) is 4.44. The number of carbonyl (C=O) groups excluding carboxylic acids is 1. The third-order valence-corrected chi connectivity index (χ3v) is 5.77. The summed E-state index contributed by atoms with van der Waals surface area (Å²) in [5.74, 6) is -0.296. The highest BCUT2D eigenvalue weighted by Gasteiger charge is 2.23. The van der Waals surface area contributed by atoms with E-state index in [1.807, 2.05) is 12.1 Å². The molecule has 0 N–H and O–H groups in total. The molecule has 0 unspecified atom stereocenters. The van der Waals surface area contributed by atoms with Crippen LogP contribution < -0.4 is 0 Å². The van der Waals surface area contributed by atoms with Crippen molar-refractivity contribution in [2.24, 2.45) is 0 Å². The number of rotatable bonds is 3. The maximum Gasteiger partial charge on any atom is 0.337 e. The molecule has 1 aromatic heterocycles. The minimum Gasteiger partial charge on any atom is -0.465 e. The molecule has 0 amide bonds. The second-order valence-electron chi connectivity index (χ2n) is 6.29. The molecule has 0 saturated carbocycles. The molecule has 25 heavy (non-hydrogen) atoms. The number of fused-ring (bicyclic) bond motifs is 3. The van der Waals surface area contributed by atoms with Gasteiger partial charge in [0.15, 0.2) is 0 Å². The minimum atomic E-state index is -0.296. The van der Waals surface area contributed by atoms with Crippen LogP contribution in [0.4, 0.5) is 0 Å². The van der Waals surface area contributed by atoms with Gasteiger partial charge in [-0.25, -0.2) is 4.79 Å². The average molecular weight is 355 g/mol. The molecule has 1 saturated heterocycles. The number of hydrogen-bond acceptors (Lipinski definition) is 4. The van der Waals surface area contributed by atoms with E-state index < -0.39 is 0 Å². The van der Waals surface area contributed by atoms with Crippen molar-refractivity contribution in [3.8, 4) is 0 Å². The number of methoxy groups -OCH3 is 1. The van der Waals surface area contributed by atoms with Crippen LogP contribution in [-0.4, -0.2) is 37.1 Å². The molecule has 0 atom stereocenters. The van der Waals surface area contributed by atoms with E-state index in [9.17, 15) is 4.79 Å². The summed E-state index contributed by atoms with van der Waals surface area (Å²) < 4.78 is 12.9. The third kappa shape index (κ3) is 2.71. The van der Waals surface area contributed by atoms with Crippen molar-refractivity contribution < 1.29 is 14.3 Å². The van der Waals surface area contributed by atoms with Crippen LogP contribution >= 0.6 is 11.8 Å². The number of esters is 1. The maximum atomic E-state index is 12.0.